The summed E-state index contributed by atoms with van der Waals surface area (Å²) in [5.41, 5.74) is 0. The van der Waals surface area contributed by atoms with Gasteiger partial charge in [0.2, 0.25) is 0 Å². The van der Waals surface area contributed by atoms with Crippen LogP contribution in [-0.2, 0) is 4.74 Å². The van der Waals surface area contributed by atoms with E-state index in [4.69, 9.17) is 4.74 Å². The van der Waals surface area contributed by atoms with Crippen LogP contribution in [0.25, 0.3) is 0 Å². The summed E-state index contributed by atoms with van der Waals surface area (Å²) in [6.07, 6.45) is 7.75. The van der Waals surface area contributed by atoms with E-state index in [-0.39, 0.29) is 0 Å². The molecule has 1 N–H and O–H groups in total. The van der Waals surface area contributed by atoms with Crippen LogP contribution in [0, 0.1) is 5.92 Å². The van der Waals surface area contributed by atoms with Gasteiger partial charge in [-0.05, 0) is 50.2 Å². The average Bonchev–Trinajstić information content (AvgIpc) is 2.27. The van der Waals surface area contributed by atoms with Crippen molar-refractivity contribution in [2.24, 2.45) is 5.92 Å². The van der Waals surface area contributed by atoms with Crippen LogP contribution in [0.15, 0.2) is 0 Å². The van der Waals surface area contributed by atoms with Gasteiger partial charge in [-0.3, -0.25) is 0 Å². The fourth-order valence-electron chi connectivity index (χ4n) is 2.26. The van der Waals surface area contributed by atoms with E-state index in [1.54, 1.807) is 0 Å². The second-order valence-corrected chi connectivity index (χ2v) is 5.60. The van der Waals surface area contributed by atoms with Crippen molar-refractivity contribution in [3.05, 3.63) is 0 Å². The van der Waals surface area contributed by atoms with Gasteiger partial charge in [0, 0.05) is 13.2 Å². The summed E-state index contributed by atoms with van der Waals surface area (Å²) in [6, 6.07) is 0.688. The normalized spacial score (nSPS) is 29.0. The molecule has 1 rings (SSSR count). The summed E-state index contributed by atoms with van der Waals surface area (Å²) < 4.78 is 5.43. The van der Waals surface area contributed by atoms with Gasteiger partial charge in [0.25, 0.3) is 0 Å². The summed E-state index contributed by atoms with van der Waals surface area (Å²) >= 11 is 1.94. The van der Waals surface area contributed by atoms with Gasteiger partial charge in [0.1, 0.15) is 0 Å². The Hall–Kier alpha value is 0.270. The van der Waals surface area contributed by atoms with Crippen LogP contribution in [0.3, 0.4) is 0 Å². The van der Waals surface area contributed by atoms with E-state index in [2.05, 4.69) is 18.5 Å². The van der Waals surface area contributed by atoms with Crippen molar-refractivity contribution in [1.82, 2.24) is 5.32 Å². The molecule has 3 unspecified atom stereocenters. The standard InChI is InChI=1S/C12H25NOS/c1-10(9-15-3)8-13-11-5-4-6-12(7-11)14-2/h10-13H,4-9H2,1-3H3. The molecule has 1 aliphatic carbocycles. The molecular formula is C12H25NOS. The lowest BCUT2D eigenvalue weighted by atomic mass is 9.92. The highest BCUT2D eigenvalue weighted by atomic mass is 32.2. The van der Waals surface area contributed by atoms with E-state index in [9.17, 15) is 0 Å². The third-order valence-electron chi connectivity index (χ3n) is 3.17. The second-order valence-electron chi connectivity index (χ2n) is 4.69. The third kappa shape index (κ3) is 5.23. The Labute approximate surface area is 98.5 Å². The molecule has 0 amide bonds. The van der Waals surface area contributed by atoms with E-state index in [0.29, 0.717) is 12.1 Å². The molecule has 0 radical (unpaired) electrons. The first-order valence-corrected chi connectivity index (χ1v) is 7.40. The molecule has 90 valence electrons. The third-order valence-corrected chi connectivity index (χ3v) is 4.07. The molecule has 1 aliphatic rings. The molecule has 0 aliphatic heterocycles. The van der Waals surface area contributed by atoms with Crippen molar-refractivity contribution in [2.75, 3.05) is 25.7 Å². The highest BCUT2D eigenvalue weighted by Gasteiger charge is 2.21. The molecule has 0 bridgehead atoms. The summed E-state index contributed by atoms with van der Waals surface area (Å²) in [7, 11) is 1.84. The molecule has 0 aromatic carbocycles. The first-order valence-electron chi connectivity index (χ1n) is 6.01. The minimum absolute atomic E-state index is 0.493. The van der Waals surface area contributed by atoms with Crippen LogP contribution in [0.4, 0.5) is 0 Å². The highest BCUT2D eigenvalue weighted by Crippen LogP contribution is 2.20. The van der Waals surface area contributed by atoms with Crippen molar-refractivity contribution in [1.29, 1.82) is 0 Å². The van der Waals surface area contributed by atoms with Crippen molar-refractivity contribution < 1.29 is 4.74 Å². The van der Waals surface area contributed by atoms with Gasteiger partial charge in [-0.25, -0.2) is 0 Å². The molecule has 0 heterocycles. The molecular weight excluding hydrogens is 206 g/mol. The monoisotopic (exact) mass is 231 g/mol. The second kappa shape index (κ2) is 7.53. The fraction of sp³-hybridized carbons (Fsp3) is 1.00. The Bertz CT molecular complexity index is 166. The molecule has 3 heteroatoms. The molecule has 2 nitrogen and oxygen atoms in total. The van der Waals surface area contributed by atoms with Gasteiger partial charge >= 0.3 is 0 Å². The zero-order valence-electron chi connectivity index (χ0n) is 10.3. The summed E-state index contributed by atoms with van der Waals surface area (Å²) in [4.78, 5) is 0. The Balaban J connectivity index is 2.14. The van der Waals surface area contributed by atoms with Crippen molar-refractivity contribution in [2.45, 2.75) is 44.8 Å². The molecule has 15 heavy (non-hydrogen) atoms. The number of methoxy groups -OCH3 is 1. The molecule has 0 aromatic rings. The van der Waals surface area contributed by atoms with E-state index in [1.165, 1.54) is 31.4 Å². The number of hydrogen-bond acceptors (Lipinski definition) is 3. The summed E-state index contributed by atoms with van der Waals surface area (Å²) in [5, 5.41) is 3.68. The van der Waals surface area contributed by atoms with Crippen LogP contribution in [0.1, 0.15) is 32.6 Å². The SMILES string of the molecule is COC1CCCC(NCC(C)CSC)C1. The number of rotatable bonds is 6. The fourth-order valence-corrected chi connectivity index (χ4v) is 2.94. The minimum Gasteiger partial charge on any atom is -0.381 e. The van der Waals surface area contributed by atoms with E-state index in [1.807, 2.05) is 18.9 Å². The smallest absolute Gasteiger partial charge is 0.0586 e. The van der Waals surface area contributed by atoms with Crippen LogP contribution in [0.2, 0.25) is 0 Å². The lowest BCUT2D eigenvalue weighted by Crippen LogP contribution is -2.39. The average molecular weight is 231 g/mol. The largest absolute Gasteiger partial charge is 0.381 e. The summed E-state index contributed by atoms with van der Waals surface area (Å²) in [6.45, 7) is 3.47. The van der Waals surface area contributed by atoms with E-state index in [0.717, 1.165) is 12.5 Å². The predicted octanol–water partition coefficient (Wildman–Crippen LogP) is 2.53. The molecule has 0 saturated heterocycles. The topological polar surface area (TPSA) is 21.3 Å². The van der Waals surface area contributed by atoms with Crippen molar-refractivity contribution in [3.8, 4) is 0 Å². The maximum Gasteiger partial charge on any atom is 0.0586 e. The first-order chi connectivity index (χ1) is 7.26. The van der Waals surface area contributed by atoms with Crippen molar-refractivity contribution in [3.63, 3.8) is 0 Å². The number of ether oxygens (including phenoxy) is 1. The zero-order valence-corrected chi connectivity index (χ0v) is 11.1. The Morgan fingerprint density at radius 1 is 1.47 bits per heavy atom. The first kappa shape index (κ1) is 13.3. The van der Waals surface area contributed by atoms with Gasteiger partial charge < -0.3 is 10.1 Å². The van der Waals surface area contributed by atoms with Gasteiger partial charge in [-0.15, -0.1) is 0 Å². The Morgan fingerprint density at radius 3 is 2.93 bits per heavy atom. The van der Waals surface area contributed by atoms with Crippen molar-refractivity contribution >= 4 is 11.8 Å². The number of nitrogens with one attached hydrogen (secondary N) is 1. The lowest BCUT2D eigenvalue weighted by molar-refractivity contribution is 0.0585. The molecule has 1 saturated carbocycles. The van der Waals surface area contributed by atoms with Crippen LogP contribution in [-0.4, -0.2) is 37.8 Å². The van der Waals surface area contributed by atoms with Crippen LogP contribution >= 0.6 is 11.8 Å². The minimum atomic E-state index is 0.493. The number of hydrogen-bond donors (Lipinski definition) is 1. The lowest BCUT2D eigenvalue weighted by Gasteiger charge is -2.29. The maximum atomic E-state index is 5.43. The Kier molecular flexibility index (Phi) is 6.69. The van der Waals surface area contributed by atoms with Gasteiger partial charge in [-0.1, -0.05) is 6.92 Å². The highest BCUT2D eigenvalue weighted by molar-refractivity contribution is 7.98. The number of thioether (sulfide) groups is 1. The quantitative estimate of drug-likeness (QED) is 0.759. The zero-order chi connectivity index (χ0) is 11.1. The molecule has 1 fully saturated rings. The summed E-state index contributed by atoms with van der Waals surface area (Å²) in [5.74, 6) is 2.04. The van der Waals surface area contributed by atoms with Crippen LogP contribution < -0.4 is 5.32 Å². The maximum absolute atomic E-state index is 5.43. The molecule has 0 spiro atoms. The van der Waals surface area contributed by atoms with Gasteiger partial charge in [-0.2, -0.15) is 11.8 Å². The van der Waals surface area contributed by atoms with Crippen LogP contribution in [0.5, 0.6) is 0 Å². The predicted molar refractivity (Wildman–Crippen MR) is 68.6 cm³/mol. The van der Waals surface area contributed by atoms with E-state index >= 15 is 0 Å². The van der Waals surface area contributed by atoms with Gasteiger partial charge in [0.15, 0.2) is 0 Å². The molecule has 0 aromatic heterocycles. The van der Waals surface area contributed by atoms with E-state index < -0.39 is 0 Å². The van der Waals surface area contributed by atoms with Gasteiger partial charge in [0.05, 0.1) is 6.10 Å². The Morgan fingerprint density at radius 2 is 2.27 bits per heavy atom. The molecule has 3 atom stereocenters.